The van der Waals surface area contributed by atoms with Gasteiger partial charge in [0.25, 0.3) is 0 Å². The molecule has 0 aromatic carbocycles. The molecule has 0 bridgehead atoms. The Morgan fingerprint density at radius 3 is 2.39 bits per heavy atom. The van der Waals surface area contributed by atoms with Gasteiger partial charge in [-0.25, -0.2) is 12.7 Å². The zero-order chi connectivity index (χ0) is 16.3. The summed E-state index contributed by atoms with van der Waals surface area (Å²) in [5.41, 5.74) is -0.324. The van der Waals surface area contributed by atoms with E-state index in [1.54, 1.807) is 4.31 Å². The van der Waals surface area contributed by atoms with Gasteiger partial charge in [-0.05, 0) is 38.0 Å². The van der Waals surface area contributed by atoms with E-state index < -0.39 is 10.0 Å². The Morgan fingerprint density at radius 1 is 1.17 bits per heavy atom. The Kier molecular flexibility index (Phi) is 3.56. The fraction of sp³-hybridized carbons (Fsp3) is 0.938. The molecule has 1 N–H and O–H groups in total. The molecule has 0 aromatic heterocycles. The lowest BCUT2D eigenvalue weighted by Gasteiger charge is -2.46. The molecule has 1 aliphatic carbocycles. The normalized spacial score (nSPS) is 35.3. The summed E-state index contributed by atoms with van der Waals surface area (Å²) in [6.07, 6.45) is 6.47. The Bertz CT molecular complexity index is 608. The maximum atomic E-state index is 12.7. The Balaban J connectivity index is 1.58. The summed E-state index contributed by atoms with van der Waals surface area (Å²) in [6.45, 7) is 4.85. The minimum Gasteiger partial charge on any atom is -0.356 e. The van der Waals surface area contributed by atoms with Crippen molar-refractivity contribution in [3.63, 3.8) is 0 Å². The van der Waals surface area contributed by atoms with Crippen LogP contribution in [-0.2, 0) is 14.8 Å². The largest absolute Gasteiger partial charge is 0.356 e. The third-order valence-corrected chi connectivity index (χ3v) is 7.97. The Hall–Kier alpha value is -0.660. The molecule has 130 valence electrons. The van der Waals surface area contributed by atoms with Crippen LogP contribution in [0.3, 0.4) is 0 Å². The number of fused-ring (bicyclic) bond motifs is 1. The van der Waals surface area contributed by atoms with Gasteiger partial charge < -0.3 is 10.2 Å². The van der Waals surface area contributed by atoms with E-state index in [0.717, 1.165) is 51.4 Å². The van der Waals surface area contributed by atoms with Crippen LogP contribution in [-0.4, -0.2) is 69.1 Å². The molecule has 0 aromatic rings. The van der Waals surface area contributed by atoms with Gasteiger partial charge in [0.2, 0.25) is 15.9 Å². The number of nitrogens with zero attached hydrogens (tertiary/aromatic N) is 2. The molecule has 7 heteroatoms. The van der Waals surface area contributed by atoms with Crippen LogP contribution in [0.1, 0.15) is 32.1 Å². The molecule has 4 aliphatic rings. The number of amides is 1. The maximum absolute atomic E-state index is 12.7. The number of sulfonamides is 1. The number of hydrogen-bond acceptors (Lipinski definition) is 4. The number of nitrogens with one attached hydrogen (secondary N) is 1. The molecular weight excluding hydrogens is 314 g/mol. The van der Waals surface area contributed by atoms with E-state index in [-0.39, 0.29) is 16.7 Å². The average molecular weight is 341 g/mol. The second-order valence-corrected chi connectivity index (χ2v) is 10.1. The van der Waals surface area contributed by atoms with E-state index in [1.807, 2.05) is 0 Å². The standard InChI is InChI=1S/C16H27N3O3S/c1-23(21,22)19-8-5-15(6-9-19)11-18(10-13-2-3-13)12-16(15)4-7-17-14(16)20/h13H,2-12H2,1H3,(H,17,20)/t16-/m1/s1. The molecule has 0 radical (unpaired) electrons. The highest BCUT2D eigenvalue weighted by Crippen LogP contribution is 2.56. The van der Waals surface area contributed by atoms with Crippen molar-refractivity contribution in [2.45, 2.75) is 32.1 Å². The molecule has 0 unspecified atom stereocenters. The summed E-state index contributed by atoms with van der Waals surface area (Å²) in [4.78, 5) is 15.2. The van der Waals surface area contributed by atoms with Crippen molar-refractivity contribution in [3.05, 3.63) is 0 Å². The average Bonchev–Trinajstić information content (AvgIpc) is 3.14. The third kappa shape index (κ3) is 2.51. The molecule has 4 rings (SSSR count). The number of piperidine rings is 1. The molecule has 2 spiro atoms. The molecule has 1 amide bonds. The van der Waals surface area contributed by atoms with Gasteiger partial charge in [-0.15, -0.1) is 0 Å². The molecule has 3 heterocycles. The first-order valence-corrected chi connectivity index (χ1v) is 10.7. The van der Waals surface area contributed by atoms with Crippen LogP contribution < -0.4 is 5.32 Å². The second-order valence-electron chi connectivity index (χ2n) is 8.14. The van der Waals surface area contributed by atoms with E-state index in [4.69, 9.17) is 0 Å². The van der Waals surface area contributed by atoms with Crippen LogP contribution in [0, 0.1) is 16.7 Å². The van der Waals surface area contributed by atoms with E-state index in [1.165, 1.54) is 19.1 Å². The lowest BCUT2D eigenvalue weighted by Crippen LogP contribution is -2.53. The molecule has 1 saturated carbocycles. The maximum Gasteiger partial charge on any atom is 0.228 e. The van der Waals surface area contributed by atoms with E-state index >= 15 is 0 Å². The van der Waals surface area contributed by atoms with Gasteiger partial charge in [-0.3, -0.25) is 4.79 Å². The first kappa shape index (κ1) is 15.8. The van der Waals surface area contributed by atoms with Gasteiger partial charge in [0.05, 0.1) is 11.7 Å². The predicted molar refractivity (Wildman–Crippen MR) is 87.3 cm³/mol. The minimum absolute atomic E-state index is 0.0380. The van der Waals surface area contributed by atoms with E-state index in [9.17, 15) is 13.2 Å². The van der Waals surface area contributed by atoms with Crippen LogP contribution in [0.5, 0.6) is 0 Å². The summed E-state index contributed by atoms with van der Waals surface area (Å²) >= 11 is 0. The molecule has 3 saturated heterocycles. The number of likely N-dealkylation sites (tertiary alicyclic amines) is 1. The Morgan fingerprint density at radius 2 is 1.87 bits per heavy atom. The quantitative estimate of drug-likeness (QED) is 0.799. The lowest BCUT2D eigenvalue weighted by atomic mass is 9.60. The fourth-order valence-corrected chi connectivity index (χ4v) is 6.04. The summed E-state index contributed by atoms with van der Waals surface area (Å²) in [5, 5.41) is 3.06. The molecule has 4 fully saturated rings. The molecular formula is C16H27N3O3S. The minimum atomic E-state index is -3.12. The molecule has 3 aliphatic heterocycles. The monoisotopic (exact) mass is 341 g/mol. The highest BCUT2D eigenvalue weighted by atomic mass is 32.2. The first-order chi connectivity index (χ1) is 10.8. The van der Waals surface area contributed by atoms with E-state index in [2.05, 4.69) is 10.2 Å². The van der Waals surface area contributed by atoms with Gasteiger partial charge in [0.15, 0.2) is 0 Å². The van der Waals surface area contributed by atoms with Crippen molar-refractivity contribution in [1.29, 1.82) is 0 Å². The van der Waals surface area contributed by atoms with Gasteiger partial charge in [0, 0.05) is 44.7 Å². The predicted octanol–water partition coefficient (Wildman–Crippen LogP) is 0.260. The van der Waals surface area contributed by atoms with Crippen molar-refractivity contribution in [2.75, 3.05) is 45.5 Å². The summed E-state index contributed by atoms with van der Waals surface area (Å²) < 4.78 is 25.2. The van der Waals surface area contributed by atoms with Gasteiger partial charge >= 0.3 is 0 Å². The third-order valence-electron chi connectivity index (χ3n) is 6.67. The number of carbonyl (C=O) groups is 1. The van der Waals surface area contributed by atoms with Gasteiger partial charge in [0.1, 0.15) is 0 Å². The lowest BCUT2D eigenvalue weighted by molar-refractivity contribution is -0.133. The number of hydrogen-bond donors (Lipinski definition) is 1. The smallest absolute Gasteiger partial charge is 0.228 e. The first-order valence-electron chi connectivity index (χ1n) is 8.81. The molecule has 23 heavy (non-hydrogen) atoms. The second kappa shape index (κ2) is 5.17. The van der Waals surface area contributed by atoms with Crippen molar-refractivity contribution in [2.24, 2.45) is 16.7 Å². The van der Waals surface area contributed by atoms with Crippen LogP contribution in [0.25, 0.3) is 0 Å². The summed E-state index contributed by atoms with van der Waals surface area (Å²) in [7, 11) is -3.12. The number of carbonyl (C=O) groups excluding carboxylic acids is 1. The SMILES string of the molecule is CS(=O)(=O)N1CCC2(CC1)CN(CC1CC1)C[C@@]21CCNC1=O. The van der Waals surface area contributed by atoms with E-state index in [0.29, 0.717) is 13.1 Å². The van der Waals surface area contributed by atoms with Gasteiger partial charge in [-0.1, -0.05) is 0 Å². The molecule has 6 nitrogen and oxygen atoms in total. The summed E-state index contributed by atoms with van der Waals surface area (Å²) in [6, 6.07) is 0. The van der Waals surface area contributed by atoms with Gasteiger partial charge in [-0.2, -0.15) is 0 Å². The zero-order valence-electron chi connectivity index (χ0n) is 13.9. The topological polar surface area (TPSA) is 69.7 Å². The van der Waals surface area contributed by atoms with Crippen LogP contribution >= 0.6 is 0 Å². The number of rotatable bonds is 3. The summed E-state index contributed by atoms with van der Waals surface area (Å²) in [5.74, 6) is 1.03. The van der Waals surface area contributed by atoms with Crippen molar-refractivity contribution in [3.8, 4) is 0 Å². The van der Waals surface area contributed by atoms with Crippen LogP contribution in [0.4, 0.5) is 0 Å². The fourth-order valence-electron chi connectivity index (χ4n) is 5.19. The van der Waals surface area contributed by atoms with Crippen molar-refractivity contribution >= 4 is 15.9 Å². The van der Waals surface area contributed by atoms with Crippen LogP contribution in [0.15, 0.2) is 0 Å². The van der Waals surface area contributed by atoms with Crippen molar-refractivity contribution in [1.82, 2.24) is 14.5 Å². The van der Waals surface area contributed by atoms with Crippen LogP contribution in [0.2, 0.25) is 0 Å². The van der Waals surface area contributed by atoms with Crippen molar-refractivity contribution < 1.29 is 13.2 Å². The highest BCUT2D eigenvalue weighted by Gasteiger charge is 2.63. The Labute approximate surface area is 138 Å². The highest BCUT2D eigenvalue weighted by molar-refractivity contribution is 7.88. The zero-order valence-corrected chi connectivity index (χ0v) is 14.7. The molecule has 1 atom stereocenters.